The van der Waals surface area contributed by atoms with Crippen molar-refractivity contribution in [2.24, 2.45) is 4.99 Å². The number of amides is 2. The number of guanidine groups is 1. The summed E-state index contributed by atoms with van der Waals surface area (Å²) in [6.45, 7) is 2.31. The van der Waals surface area contributed by atoms with E-state index in [9.17, 15) is 9.59 Å². The summed E-state index contributed by atoms with van der Waals surface area (Å²) in [6, 6.07) is 4.51. The number of nitrogens with zero attached hydrogens (tertiary/aromatic N) is 3. The molecule has 4 aliphatic rings. The maximum absolute atomic E-state index is 15.3. The Bertz CT molecular complexity index is 1250. The summed E-state index contributed by atoms with van der Waals surface area (Å²) in [4.78, 5) is 36.0. The van der Waals surface area contributed by atoms with Crippen LogP contribution in [0.25, 0.3) is 0 Å². The van der Waals surface area contributed by atoms with Crippen LogP contribution in [0.5, 0.6) is 0 Å². The quantitative estimate of drug-likeness (QED) is 0.585. The van der Waals surface area contributed by atoms with E-state index in [1.807, 2.05) is 0 Å². The highest BCUT2D eigenvalue weighted by Crippen LogP contribution is 2.46. The van der Waals surface area contributed by atoms with Gasteiger partial charge in [-0.05, 0) is 48.9 Å². The molecule has 9 nitrogen and oxygen atoms in total. The number of hydrogen-bond donors (Lipinski definition) is 3. The van der Waals surface area contributed by atoms with Crippen molar-refractivity contribution in [2.75, 3.05) is 31.6 Å². The fourth-order valence-electron chi connectivity index (χ4n) is 4.89. The molecule has 3 aliphatic heterocycles. The highest BCUT2D eigenvalue weighted by atomic mass is 35.5. The number of ether oxygens (including phenoxy) is 1. The molecule has 182 valence electrons. The van der Waals surface area contributed by atoms with Gasteiger partial charge in [0.25, 0.3) is 11.8 Å². The first-order valence-corrected chi connectivity index (χ1v) is 12.1. The van der Waals surface area contributed by atoms with Crippen molar-refractivity contribution < 1.29 is 18.7 Å². The van der Waals surface area contributed by atoms with E-state index in [1.54, 1.807) is 17.0 Å². The second kappa shape index (κ2) is 8.76. The molecule has 3 fully saturated rings. The number of morpholine rings is 1. The van der Waals surface area contributed by atoms with Gasteiger partial charge in [-0.15, -0.1) is 0 Å². The number of fused-ring (bicyclic) bond motifs is 2. The average molecular weight is 499 g/mol. The van der Waals surface area contributed by atoms with Crippen LogP contribution in [-0.4, -0.2) is 66.0 Å². The molecule has 2 atom stereocenters. The number of rotatable bonds is 5. The molecule has 0 spiro atoms. The van der Waals surface area contributed by atoms with Gasteiger partial charge in [-0.1, -0.05) is 11.6 Å². The molecular formula is C24H24ClFN6O3. The maximum Gasteiger partial charge on any atom is 0.258 e. The molecular weight excluding hydrogens is 475 g/mol. The second-order valence-corrected chi connectivity index (χ2v) is 9.63. The first-order chi connectivity index (χ1) is 17.0. The first kappa shape index (κ1) is 22.2. The molecule has 1 aliphatic carbocycles. The summed E-state index contributed by atoms with van der Waals surface area (Å²) in [5.74, 6) is -0.496. The van der Waals surface area contributed by atoms with Crippen molar-refractivity contribution in [3.8, 4) is 0 Å². The van der Waals surface area contributed by atoms with Crippen molar-refractivity contribution in [1.29, 1.82) is 0 Å². The number of likely N-dealkylation sites (tertiary alicyclic amines) is 1. The Kier molecular flexibility index (Phi) is 5.57. The molecule has 2 unspecified atom stereocenters. The zero-order valence-corrected chi connectivity index (χ0v) is 19.6. The third-order valence-electron chi connectivity index (χ3n) is 6.83. The smallest absolute Gasteiger partial charge is 0.258 e. The van der Waals surface area contributed by atoms with Crippen LogP contribution in [0.2, 0.25) is 5.02 Å². The van der Waals surface area contributed by atoms with Gasteiger partial charge in [0.2, 0.25) is 0 Å². The van der Waals surface area contributed by atoms with Gasteiger partial charge in [-0.25, -0.2) is 9.37 Å². The normalized spacial score (nSPS) is 22.7. The van der Waals surface area contributed by atoms with Crippen LogP contribution in [-0.2, 0) is 4.74 Å². The minimum Gasteiger partial charge on any atom is -0.374 e. The molecule has 0 radical (unpaired) electrons. The van der Waals surface area contributed by atoms with E-state index in [-0.39, 0.29) is 46.1 Å². The summed E-state index contributed by atoms with van der Waals surface area (Å²) in [7, 11) is 0. The monoisotopic (exact) mass is 498 g/mol. The second-order valence-electron chi connectivity index (χ2n) is 9.26. The van der Waals surface area contributed by atoms with Crippen molar-refractivity contribution in [2.45, 2.75) is 37.3 Å². The fourth-order valence-corrected chi connectivity index (χ4v) is 5.13. The number of carbonyl (C=O) groups is 2. The molecule has 2 saturated heterocycles. The van der Waals surface area contributed by atoms with Crippen molar-refractivity contribution in [3.63, 3.8) is 0 Å². The van der Waals surface area contributed by atoms with Crippen LogP contribution >= 0.6 is 11.6 Å². The van der Waals surface area contributed by atoms with E-state index < -0.39 is 11.7 Å². The van der Waals surface area contributed by atoms with Crippen LogP contribution in [0.15, 0.2) is 29.4 Å². The van der Waals surface area contributed by atoms with E-state index in [4.69, 9.17) is 16.3 Å². The van der Waals surface area contributed by atoms with Crippen LogP contribution in [0.4, 0.5) is 15.9 Å². The zero-order valence-electron chi connectivity index (χ0n) is 18.8. The maximum atomic E-state index is 15.3. The molecule has 6 rings (SSSR count). The predicted molar refractivity (Wildman–Crippen MR) is 128 cm³/mol. The molecule has 4 heterocycles. The third kappa shape index (κ3) is 4.21. The lowest BCUT2D eigenvalue weighted by Crippen LogP contribution is -2.41. The lowest BCUT2D eigenvalue weighted by atomic mass is 10.0. The minimum atomic E-state index is -0.593. The topological polar surface area (TPSA) is 108 Å². The van der Waals surface area contributed by atoms with Crippen LogP contribution in [0, 0.1) is 5.82 Å². The lowest BCUT2D eigenvalue weighted by molar-refractivity contribution is 0.0259. The Morgan fingerprint density at radius 2 is 2.14 bits per heavy atom. The Morgan fingerprint density at radius 3 is 2.83 bits per heavy atom. The van der Waals surface area contributed by atoms with Gasteiger partial charge >= 0.3 is 0 Å². The lowest BCUT2D eigenvalue weighted by Gasteiger charge is -2.27. The van der Waals surface area contributed by atoms with Crippen LogP contribution in [0.1, 0.15) is 51.5 Å². The van der Waals surface area contributed by atoms with Gasteiger partial charge in [-0.3, -0.25) is 19.9 Å². The van der Waals surface area contributed by atoms with E-state index in [0.29, 0.717) is 43.3 Å². The molecule has 1 saturated carbocycles. The molecule has 35 heavy (non-hydrogen) atoms. The first-order valence-electron chi connectivity index (χ1n) is 11.7. The van der Waals surface area contributed by atoms with Gasteiger partial charge in [0, 0.05) is 24.8 Å². The average Bonchev–Trinajstić information content (AvgIpc) is 3.20. The van der Waals surface area contributed by atoms with Gasteiger partial charge in [0.1, 0.15) is 11.6 Å². The van der Waals surface area contributed by atoms with Gasteiger partial charge in [0.05, 0.1) is 41.6 Å². The Labute approximate surface area is 206 Å². The van der Waals surface area contributed by atoms with E-state index >= 15 is 4.39 Å². The summed E-state index contributed by atoms with van der Waals surface area (Å²) >= 11 is 6.60. The van der Waals surface area contributed by atoms with Gasteiger partial charge < -0.3 is 20.3 Å². The molecule has 11 heteroatoms. The largest absolute Gasteiger partial charge is 0.374 e. The summed E-state index contributed by atoms with van der Waals surface area (Å²) < 4.78 is 20.9. The van der Waals surface area contributed by atoms with E-state index in [2.05, 4.69) is 25.9 Å². The number of halogens is 2. The van der Waals surface area contributed by atoms with Crippen molar-refractivity contribution >= 4 is 40.9 Å². The number of aliphatic imine (C=N–C) groups is 1. The molecule has 2 bridgehead atoms. The van der Waals surface area contributed by atoms with Gasteiger partial charge in [0.15, 0.2) is 5.96 Å². The molecule has 3 N–H and O–H groups in total. The Morgan fingerprint density at radius 1 is 1.29 bits per heavy atom. The van der Waals surface area contributed by atoms with Crippen molar-refractivity contribution in [1.82, 2.24) is 20.5 Å². The third-order valence-corrected chi connectivity index (χ3v) is 7.21. The Hall–Kier alpha value is -3.24. The number of nitrogens with one attached hydrogen (secondary N) is 3. The summed E-state index contributed by atoms with van der Waals surface area (Å²) in [5.41, 5.74) is 1.42. The van der Waals surface area contributed by atoms with Crippen LogP contribution in [0.3, 0.4) is 0 Å². The predicted octanol–water partition coefficient (Wildman–Crippen LogP) is 2.80. The standard InChI is InChI=1S/C24H24ClFN6O3/c25-19-16(23(34)32-10-15-9-14(32)11-35-15)3-4-27-21(19)30-20-17(12-1-2-12)7-13(8-18(20)26)22(33)31-24-28-5-6-29-24/h3-4,7-8,12,14-15H,1-2,5-6,9-11H2,(H,27,30)(H2,28,29,31,33). The van der Waals surface area contributed by atoms with Gasteiger partial charge in [-0.2, -0.15) is 0 Å². The van der Waals surface area contributed by atoms with E-state index in [0.717, 1.165) is 19.3 Å². The highest BCUT2D eigenvalue weighted by Gasteiger charge is 2.42. The Balaban J connectivity index is 1.27. The number of benzene rings is 1. The number of anilines is 2. The molecule has 2 amide bonds. The molecule has 1 aromatic carbocycles. The highest BCUT2D eigenvalue weighted by molar-refractivity contribution is 6.36. The number of hydrogen-bond acceptors (Lipinski definition) is 7. The molecule has 2 aromatic rings. The fraction of sp³-hybridized carbons (Fsp3) is 0.417. The summed E-state index contributed by atoms with van der Waals surface area (Å²) in [5, 5.41) is 8.78. The number of pyridine rings is 1. The zero-order chi connectivity index (χ0) is 24.1. The minimum absolute atomic E-state index is 0.0520. The SMILES string of the molecule is O=C(NC1=NCCN1)c1cc(F)c(Nc2nccc(C(=O)N3CC4CC3CO4)c2Cl)c(C2CC2)c1. The number of carbonyl (C=O) groups excluding carboxylic acids is 2. The summed E-state index contributed by atoms with van der Waals surface area (Å²) in [6.07, 6.45) is 4.18. The van der Waals surface area contributed by atoms with Crippen molar-refractivity contribution in [3.05, 3.63) is 51.9 Å². The van der Waals surface area contributed by atoms with Crippen LogP contribution < -0.4 is 16.0 Å². The molecule has 1 aromatic heterocycles. The number of aromatic nitrogens is 1. The van der Waals surface area contributed by atoms with E-state index in [1.165, 1.54) is 12.3 Å².